The largest absolute Gasteiger partial charge is 0.475 e. The lowest BCUT2D eigenvalue weighted by atomic mass is 10.1. The van der Waals surface area contributed by atoms with Crippen LogP contribution < -0.4 is 5.32 Å². The minimum absolute atomic E-state index is 0.0372. The van der Waals surface area contributed by atoms with Gasteiger partial charge in [0.1, 0.15) is 0 Å². The lowest BCUT2D eigenvalue weighted by Gasteiger charge is -2.12. The highest BCUT2D eigenvalue weighted by Crippen LogP contribution is 2.11. The van der Waals surface area contributed by atoms with E-state index >= 15 is 0 Å². The molecule has 4 nitrogen and oxygen atoms in total. The molecule has 0 aliphatic carbocycles. The summed E-state index contributed by atoms with van der Waals surface area (Å²) in [5.41, 5.74) is 0.704. The number of carbonyl (C=O) groups is 1. The lowest BCUT2D eigenvalue weighted by Crippen LogP contribution is -2.25. The van der Waals surface area contributed by atoms with Gasteiger partial charge in [0.15, 0.2) is 0 Å². The van der Waals surface area contributed by atoms with Crippen molar-refractivity contribution in [2.24, 2.45) is 0 Å². The molecule has 0 aromatic carbocycles. The highest BCUT2D eigenvalue weighted by atomic mass is 16.4. The Morgan fingerprint density at radius 3 is 3.00 bits per heavy atom. The Labute approximate surface area is 95.7 Å². The normalized spacial score (nSPS) is 12.6. The molecule has 1 heterocycles. The predicted octanol–water partition coefficient (Wildman–Crippen LogP) is 2.65. The first-order valence-electron chi connectivity index (χ1n) is 5.68. The van der Waals surface area contributed by atoms with Gasteiger partial charge in [0.25, 0.3) is 0 Å². The maximum atomic E-state index is 10.8. The van der Waals surface area contributed by atoms with Crippen molar-refractivity contribution < 1.29 is 14.3 Å². The van der Waals surface area contributed by atoms with E-state index in [-0.39, 0.29) is 5.76 Å². The number of nitrogens with one attached hydrogen (secondary N) is 1. The van der Waals surface area contributed by atoms with E-state index in [0.29, 0.717) is 18.2 Å². The predicted molar refractivity (Wildman–Crippen MR) is 61.5 cm³/mol. The van der Waals surface area contributed by atoms with Crippen LogP contribution in [-0.4, -0.2) is 17.1 Å². The van der Waals surface area contributed by atoms with Gasteiger partial charge in [-0.2, -0.15) is 0 Å². The maximum Gasteiger partial charge on any atom is 0.372 e. The highest BCUT2D eigenvalue weighted by Gasteiger charge is 2.13. The second kappa shape index (κ2) is 6.33. The Hall–Kier alpha value is -1.29. The Morgan fingerprint density at radius 2 is 2.38 bits per heavy atom. The van der Waals surface area contributed by atoms with Crippen molar-refractivity contribution in [1.29, 1.82) is 0 Å². The first-order chi connectivity index (χ1) is 7.65. The molecule has 1 unspecified atom stereocenters. The van der Waals surface area contributed by atoms with Crippen molar-refractivity contribution in [2.75, 3.05) is 0 Å². The number of hydrogen-bond acceptors (Lipinski definition) is 3. The Kier molecular flexibility index (Phi) is 5.05. The van der Waals surface area contributed by atoms with E-state index in [1.54, 1.807) is 6.07 Å². The summed E-state index contributed by atoms with van der Waals surface area (Å²) in [6.45, 7) is 4.81. The van der Waals surface area contributed by atoms with Crippen molar-refractivity contribution in [3.8, 4) is 0 Å². The van der Waals surface area contributed by atoms with Crippen LogP contribution in [0.2, 0.25) is 0 Å². The maximum absolute atomic E-state index is 10.8. The molecule has 4 heteroatoms. The highest BCUT2D eigenvalue weighted by molar-refractivity contribution is 5.86. The number of rotatable bonds is 7. The van der Waals surface area contributed by atoms with Crippen molar-refractivity contribution >= 4 is 5.97 Å². The second-order valence-electron chi connectivity index (χ2n) is 4.00. The Balaban J connectivity index is 2.42. The smallest absolute Gasteiger partial charge is 0.372 e. The van der Waals surface area contributed by atoms with Crippen LogP contribution in [0, 0.1) is 0 Å². The second-order valence-corrected chi connectivity index (χ2v) is 4.00. The van der Waals surface area contributed by atoms with Gasteiger partial charge in [0.05, 0.1) is 6.26 Å². The molecule has 0 amide bonds. The van der Waals surface area contributed by atoms with Crippen LogP contribution in [-0.2, 0) is 6.54 Å². The van der Waals surface area contributed by atoms with Gasteiger partial charge in [-0.25, -0.2) is 4.79 Å². The molecule has 0 bridgehead atoms. The molecule has 2 N–H and O–H groups in total. The summed E-state index contributed by atoms with van der Waals surface area (Å²) in [4.78, 5) is 10.8. The molecule has 16 heavy (non-hydrogen) atoms. The molecule has 1 rings (SSSR count). The average Bonchev–Trinajstić information content (AvgIpc) is 2.71. The SMILES string of the molecule is CCCCC(C)NCc1ccoc1C(=O)O. The summed E-state index contributed by atoms with van der Waals surface area (Å²) in [6.07, 6.45) is 4.89. The van der Waals surface area contributed by atoms with E-state index in [4.69, 9.17) is 9.52 Å². The molecule has 0 saturated heterocycles. The third-order valence-corrected chi connectivity index (χ3v) is 2.57. The molecule has 1 aromatic rings. The van der Waals surface area contributed by atoms with Gasteiger partial charge < -0.3 is 14.8 Å². The molecule has 0 radical (unpaired) electrons. The van der Waals surface area contributed by atoms with Crippen molar-refractivity contribution in [2.45, 2.75) is 45.7 Å². The van der Waals surface area contributed by atoms with Crippen LogP contribution in [0.4, 0.5) is 0 Å². The van der Waals surface area contributed by atoms with E-state index in [2.05, 4.69) is 19.2 Å². The Morgan fingerprint density at radius 1 is 1.62 bits per heavy atom. The molecule has 0 aliphatic heterocycles. The zero-order chi connectivity index (χ0) is 12.0. The van der Waals surface area contributed by atoms with E-state index in [1.165, 1.54) is 19.1 Å². The van der Waals surface area contributed by atoms with E-state index < -0.39 is 5.97 Å². The molecule has 0 aliphatic rings. The fourth-order valence-corrected chi connectivity index (χ4v) is 1.56. The summed E-state index contributed by atoms with van der Waals surface area (Å²) < 4.78 is 4.90. The molecule has 0 saturated carbocycles. The average molecular weight is 225 g/mol. The number of hydrogen-bond donors (Lipinski definition) is 2. The summed E-state index contributed by atoms with van der Waals surface area (Å²) >= 11 is 0. The standard InChI is InChI=1S/C12H19NO3/c1-3-4-5-9(2)13-8-10-6-7-16-11(10)12(14)15/h6-7,9,13H,3-5,8H2,1-2H3,(H,14,15). The third-order valence-electron chi connectivity index (χ3n) is 2.57. The number of unbranched alkanes of at least 4 members (excludes halogenated alkanes) is 1. The van der Waals surface area contributed by atoms with E-state index in [0.717, 1.165) is 6.42 Å². The lowest BCUT2D eigenvalue weighted by molar-refractivity contribution is 0.0660. The van der Waals surface area contributed by atoms with E-state index in [1.807, 2.05) is 0 Å². The molecule has 90 valence electrons. The number of carboxylic acids is 1. The van der Waals surface area contributed by atoms with Gasteiger partial charge in [-0.1, -0.05) is 19.8 Å². The van der Waals surface area contributed by atoms with Gasteiger partial charge in [-0.3, -0.25) is 0 Å². The van der Waals surface area contributed by atoms with Crippen LogP contribution >= 0.6 is 0 Å². The fraction of sp³-hybridized carbons (Fsp3) is 0.583. The van der Waals surface area contributed by atoms with Crippen LogP contribution in [0.25, 0.3) is 0 Å². The van der Waals surface area contributed by atoms with Crippen LogP contribution in [0.5, 0.6) is 0 Å². The minimum atomic E-state index is -1.01. The number of aromatic carboxylic acids is 1. The number of carboxylic acid groups (broad SMARTS) is 1. The van der Waals surface area contributed by atoms with Gasteiger partial charge in [-0.05, 0) is 19.4 Å². The van der Waals surface area contributed by atoms with Crippen molar-refractivity contribution in [3.63, 3.8) is 0 Å². The van der Waals surface area contributed by atoms with E-state index in [9.17, 15) is 4.79 Å². The van der Waals surface area contributed by atoms with Crippen LogP contribution in [0.3, 0.4) is 0 Å². The zero-order valence-corrected chi connectivity index (χ0v) is 9.82. The first kappa shape index (κ1) is 12.8. The van der Waals surface area contributed by atoms with Crippen LogP contribution in [0.15, 0.2) is 16.7 Å². The van der Waals surface area contributed by atoms with Gasteiger partial charge in [-0.15, -0.1) is 0 Å². The zero-order valence-electron chi connectivity index (χ0n) is 9.82. The molecule has 1 aromatic heterocycles. The van der Waals surface area contributed by atoms with Gasteiger partial charge in [0, 0.05) is 18.2 Å². The van der Waals surface area contributed by atoms with Gasteiger partial charge >= 0.3 is 5.97 Å². The third kappa shape index (κ3) is 3.70. The molecule has 1 atom stereocenters. The monoisotopic (exact) mass is 225 g/mol. The fourth-order valence-electron chi connectivity index (χ4n) is 1.56. The summed E-state index contributed by atoms with van der Waals surface area (Å²) in [7, 11) is 0. The van der Waals surface area contributed by atoms with Crippen molar-refractivity contribution in [3.05, 3.63) is 23.7 Å². The summed E-state index contributed by atoms with van der Waals surface area (Å²) in [5, 5.41) is 12.1. The van der Waals surface area contributed by atoms with Crippen molar-refractivity contribution in [1.82, 2.24) is 5.32 Å². The molecule has 0 spiro atoms. The first-order valence-corrected chi connectivity index (χ1v) is 5.68. The Bertz CT molecular complexity index is 333. The minimum Gasteiger partial charge on any atom is -0.475 e. The molecule has 0 fully saturated rings. The van der Waals surface area contributed by atoms with Gasteiger partial charge in [0.2, 0.25) is 5.76 Å². The van der Waals surface area contributed by atoms with Crippen LogP contribution in [0.1, 0.15) is 49.2 Å². The summed E-state index contributed by atoms with van der Waals surface area (Å²) in [6, 6.07) is 2.10. The molecular weight excluding hydrogens is 206 g/mol. The summed E-state index contributed by atoms with van der Waals surface area (Å²) in [5.74, 6) is -0.974. The number of furan rings is 1. The topological polar surface area (TPSA) is 62.5 Å². The molecular formula is C12H19NO3. The quantitative estimate of drug-likeness (QED) is 0.748.